The molecule has 5 nitrogen and oxygen atoms in total. The third-order valence-electron chi connectivity index (χ3n) is 3.55. The van der Waals surface area contributed by atoms with Gasteiger partial charge in [-0.25, -0.2) is 0 Å². The summed E-state index contributed by atoms with van der Waals surface area (Å²) >= 11 is 0. The number of ether oxygens (including phenoxy) is 2. The molecule has 0 bridgehead atoms. The summed E-state index contributed by atoms with van der Waals surface area (Å²) in [5.41, 5.74) is 0.940. The molecule has 0 aliphatic heterocycles. The molecular weight excluding hydrogens is 244 g/mol. The van der Waals surface area contributed by atoms with Gasteiger partial charge in [-0.1, -0.05) is 12.8 Å². The van der Waals surface area contributed by atoms with Crippen LogP contribution >= 0.6 is 0 Å². The van der Waals surface area contributed by atoms with Gasteiger partial charge in [0.05, 0.1) is 37.7 Å². The normalized spacial score (nSPS) is 18.0. The highest BCUT2D eigenvalue weighted by Crippen LogP contribution is 2.28. The number of hydrogen-bond donors (Lipinski definition) is 1. The molecule has 1 unspecified atom stereocenters. The topological polar surface area (TPSA) is 56.5 Å². The van der Waals surface area contributed by atoms with Crippen LogP contribution in [0.2, 0.25) is 0 Å². The monoisotopic (exact) mass is 268 g/mol. The molecule has 1 N–H and O–H groups in total. The molecule has 0 saturated heterocycles. The van der Waals surface area contributed by atoms with Gasteiger partial charge in [-0.15, -0.1) is 0 Å². The van der Waals surface area contributed by atoms with Gasteiger partial charge in [-0.2, -0.15) is 5.10 Å². The summed E-state index contributed by atoms with van der Waals surface area (Å²) < 4.78 is 12.2. The van der Waals surface area contributed by atoms with E-state index in [1.807, 2.05) is 12.3 Å². The zero-order chi connectivity index (χ0) is 13.5. The van der Waals surface area contributed by atoms with Crippen LogP contribution in [0.3, 0.4) is 0 Å². The van der Waals surface area contributed by atoms with Crippen molar-refractivity contribution in [2.45, 2.75) is 44.2 Å². The van der Waals surface area contributed by atoms with Crippen LogP contribution in [0.25, 0.3) is 0 Å². The highest BCUT2D eigenvalue weighted by Gasteiger charge is 2.18. The first-order chi connectivity index (χ1) is 9.29. The van der Waals surface area contributed by atoms with E-state index in [-0.39, 0.29) is 0 Å². The molecule has 19 heavy (non-hydrogen) atoms. The zero-order valence-electron chi connectivity index (χ0n) is 11.6. The van der Waals surface area contributed by atoms with Gasteiger partial charge in [-0.3, -0.25) is 4.68 Å². The second kappa shape index (κ2) is 7.62. The zero-order valence-corrected chi connectivity index (χ0v) is 11.6. The van der Waals surface area contributed by atoms with Crippen molar-refractivity contribution in [3.8, 4) is 0 Å². The van der Waals surface area contributed by atoms with Gasteiger partial charge in [0.1, 0.15) is 0 Å². The van der Waals surface area contributed by atoms with E-state index >= 15 is 0 Å². The van der Waals surface area contributed by atoms with Gasteiger partial charge in [0.15, 0.2) is 0 Å². The summed E-state index contributed by atoms with van der Waals surface area (Å²) in [7, 11) is 1.63. The summed E-state index contributed by atoms with van der Waals surface area (Å²) in [5, 5.41) is 14.4. The standard InChI is InChI=1S/C14H24N2O3/c1-18-8-9-19-11-14(17)10-12-6-7-16(15-12)13-4-2-3-5-13/h6-7,13-14,17H,2-5,8-11H2,1H3. The predicted molar refractivity (Wildman–Crippen MR) is 72.1 cm³/mol. The van der Waals surface area contributed by atoms with Crippen LogP contribution in [0.1, 0.15) is 37.4 Å². The fourth-order valence-electron chi connectivity index (χ4n) is 2.52. The first-order valence-electron chi connectivity index (χ1n) is 7.08. The second-order valence-corrected chi connectivity index (χ2v) is 5.15. The van der Waals surface area contributed by atoms with Crippen molar-refractivity contribution in [3.05, 3.63) is 18.0 Å². The summed E-state index contributed by atoms with van der Waals surface area (Å²) in [6, 6.07) is 2.56. The van der Waals surface area contributed by atoms with E-state index in [0.29, 0.717) is 32.3 Å². The lowest BCUT2D eigenvalue weighted by atomic mass is 10.2. The van der Waals surface area contributed by atoms with Crippen molar-refractivity contribution < 1.29 is 14.6 Å². The third kappa shape index (κ3) is 4.60. The molecule has 0 aromatic carbocycles. The minimum absolute atomic E-state index is 0.333. The molecule has 1 heterocycles. The average molecular weight is 268 g/mol. The highest BCUT2D eigenvalue weighted by atomic mass is 16.5. The van der Waals surface area contributed by atoms with Crippen LogP contribution in [0.15, 0.2) is 12.3 Å². The van der Waals surface area contributed by atoms with E-state index in [4.69, 9.17) is 9.47 Å². The lowest BCUT2D eigenvalue weighted by Crippen LogP contribution is -2.20. The number of aliphatic hydroxyl groups is 1. The second-order valence-electron chi connectivity index (χ2n) is 5.15. The lowest BCUT2D eigenvalue weighted by molar-refractivity contribution is 0.0133. The van der Waals surface area contributed by atoms with Crippen LogP contribution in [0.4, 0.5) is 0 Å². The Morgan fingerprint density at radius 3 is 2.95 bits per heavy atom. The van der Waals surface area contributed by atoms with Crippen molar-refractivity contribution in [2.24, 2.45) is 0 Å². The smallest absolute Gasteiger partial charge is 0.0829 e. The van der Waals surface area contributed by atoms with Crippen LogP contribution in [-0.2, 0) is 15.9 Å². The summed E-state index contributed by atoms with van der Waals surface area (Å²) in [4.78, 5) is 0. The summed E-state index contributed by atoms with van der Waals surface area (Å²) in [5.74, 6) is 0. The third-order valence-corrected chi connectivity index (χ3v) is 3.55. The van der Waals surface area contributed by atoms with E-state index in [1.165, 1.54) is 25.7 Å². The first-order valence-corrected chi connectivity index (χ1v) is 7.08. The molecule has 108 valence electrons. The molecular formula is C14H24N2O3. The molecule has 1 aliphatic carbocycles. The maximum atomic E-state index is 9.86. The van der Waals surface area contributed by atoms with Gasteiger partial charge in [0.25, 0.3) is 0 Å². The molecule has 2 rings (SSSR count). The Morgan fingerprint density at radius 2 is 2.21 bits per heavy atom. The molecule has 0 amide bonds. The maximum absolute atomic E-state index is 9.86. The number of aliphatic hydroxyl groups excluding tert-OH is 1. The highest BCUT2D eigenvalue weighted by molar-refractivity contribution is 5.01. The van der Waals surface area contributed by atoms with E-state index in [9.17, 15) is 5.11 Å². The van der Waals surface area contributed by atoms with E-state index in [2.05, 4.69) is 9.78 Å². The van der Waals surface area contributed by atoms with Gasteiger partial charge >= 0.3 is 0 Å². The number of aromatic nitrogens is 2. The molecule has 5 heteroatoms. The van der Waals surface area contributed by atoms with Crippen molar-refractivity contribution in [1.82, 2.24) is 9.78 Å². The van der Waals surface area contributed by atoms with E-state index < -0.39 is 6.10 Å². The molecule has 1 atom stereocenters. The molecule has 1 aromatic rings. The lowest BCUT2D eigenvalue weighted by Gasteiger charge is -2.11. The van der Waals surface area contributed by atoms with Gasteiger partial charge < -0.3 is 14.6 Å². The van der Waals surface area contributed by atoms with Crippen molar-refractivity contribution in [1.29, 1.82) is 0 Å². The van der Waals surface area contributed by atoms with Crippen LogP contribution in [0.5, 0.6) is 0 Å². The number of methoxy groups -OCH3 is 1. The summed E-state index contributed by atoms with van der Waals surface area (Å²) in [6.07, 6.45) is 7.14. The fourth-order valence-corrected chi connectivity index (χ4v) is 2.52. The fraction of sp³-hybridized carbons (Fsp3) is 0.786. The predicted octanol–water partition coefficient (Wildman–Crippen LogP) is 1.56. The molecule has 1 aliphatic rings. The Balaban J connectivity index is 1.72. The molecule has 0 spiro atoms. The van der Waals surface area contributed by atoms with Crippen molar-refractivity contribution >= 4 is 0 Å². The Hall–Kier alpha value is -0.910. The van der Waals surface area contributed by atoms with Crippen molar-refractivity contribution in [2.75, 3.05) is 26.9 Å². The minimum Gasteiger partial charge on any atom is -0.390 e. The Kier molecular flexibility index (Phi) is 5.82. The number of hydrogen-bond acceptors (Lipinski definition) is 4. The summed E-state index contributed by atoms with van der Waals surface area (Å²) in [6.45, 7) is 1.41. The molecule has 0 radical (unpaired) electrons. The van der Waals surface area contributed by atoms with Crippen LogP contribution in [-0.4, -0.2) is 47.9 Å². The molecule has 1 aromatic heterocycles. The Labute approximate surface area is 114 Å². The molecule has 1 saturated carbocycles. The van der Waals surface area contributed by atoms with Gasteiger partial charge in [0, 0.05) is 19.7 Å². The maximum Gasteiger partial charge on any atom is 0.0829 e. The quantitative estimate of drug-likeness (QED) is 0.727. The number of nitrogens with zero attached hydrogens (tertiary/aromatic N) is 2. The van der Waals surface area contributed by atoms with E-state index in [0.717, 1.165) is 5.69 Å². The molecule has 1 fully saturated rings. The SMILES string of the molecule is COCCOCC(O)Cc1ccn(C2CCCC2)n1. The minimum atomic E-state index is -0.496. The Bertz CT molecular complexity index is 361. The van der Waals surface area contributed by atoms with Crippen LogP contribution in [0, 0.1) is 0 Å². The number of rotatable bonds is 8. The van der Waals surface area contributed by atoms with Gasteiger partial charge in [-0.05, 0) is 18.9 Å². The Morgan fingerprint density at radius 1 is 1.42 bits per heavy atom. The first kappa shape index (κ1) is 14.5. The average Bonchev–Trinajstić information content (AvgIpc) is 3.04. The van der Waals surface area contributed by atoms with E-state index in [1.54, 1.807) is 7.11 Å². The van der Waals surface area contributed by atoms with Crippen molar-refractivity contribution in [3.63, 3.8) is 0 Å². The van der Waals surface area contributed by atoms with Gasteiger partial charge in [0.2, 0.25) is 0 Å². The van der Waals surface area contributed by atoms with Crippen LogP contribution < -0.4 is 0 Å². The largest absolute Gasteiger partial charge is 0.390 e.